The number of piperidine rings is 1. The van der Waals surface area contributed by atoms with E-state index in [0.29, 0.717) is 6.04 Å². The number of aryl methyl sites for hydroxylation is 1. The maximum Gasteiger partial charge on any atom is 0.0304 e. The monoisotopic (exact) mass is 308 g/mol. The third-order valence-corrected chi connectivity index (χ3v) is 5.84. The number of nitrogens with zero attached hydrogens (tertiary/aromatic N) is 1. The van der Waals surface area contributed by atoms with Crippen LogP contribution in [0, 0.1) is 12.8 Å². The summed E-state index contributed by atoms with van der Waals surface area (Å²) in [5.41, 5.74) is 1.72. The Morgan fingerprint density at radius 3 is 2.71 bits per heavy atom. The molecule has 1 aromatic rings. The molecule has 1 aromatic heterocycles. The molecule has 0 spiro atoms. The number of thiophene rings is 1. The molecule has 120 valence electrons. The van der Waals surface area contributed by atoms with Gasteiger partial charge in [0.25, 0.3) is 0 Å². The van der Waals surface area contributed by atoms with Crippen LogP contribution in [-0.2, 0) is 13.1 Å². The standard InChI is InChI=1S/C18H32N2S/c1-13-8-7-9-20(14(13)2)12-16-10-17(21-15(16)3)11-19-18(4,5)6/h10,13-14,19H,7-9,11-12H2,1-6H3. The maximum absolute atomic E-state index is 3.59. The molecule has 0 saturated carbocycles. The van der Waals surface area contributed by atoms with Crippen molar-refractivity contribution in [1.82, 2.24) is 10.2 Å². The van der Waals surface area contributed by atoms with Gasteiger partial charge >= 0.3 is 0 Å². The molecule has 3 heteroatoms. The first-order valence-electron chi connectivity index (χ1n) is 8.33. The SMILES string of the molecule is Cc1sc(CNC(C)(C)C)cc1CN1CCCC(C)C1C. The van der Waals surface area contributed by atoms with E-state index in [-0.39, 0.29) is 5.54 Å². The zero-order valence-corrected chi connectivity index (χ0v) is 15.4. The zero-order chi connectivity index (χ0) is 15.6. The van der Waals surface area contributed by atoms with E-state index in [2.05, 4.69) is 57.8 Å². The van der Waals surface area contributed by atoms with Gasteiger partial charge in [-0.3, -0.25) is 4.90 Å². The van der Waals surface area contributed by atoms with Crippen LogP contribution in [0.1, 0.15) is 62.8 Å². The van der Waals surface area contributed by atoms with Crippen molar-refractivity contribution < 1.29 is 0 Å². The largest absolute Gasteiger partial charge is 0.307 e. The van der Waals surface area contributed by atoms with Crippen LogP contribution in [0.3, 0.4) is 0 Å². The second kappa shape index (κ2) is 6.80. The van der Waals surface area contributed by atoms with E-state index in [1.807, 2.05) is 11.3 Å². The summed E-state index contributed by atoms with van der Waals surface area (Å²) < 4.78 is 0. The highest BCUT2D eigenvalue weighted by molar-refractivity contribution is 7.12. The fourth-order valence-electron chi connectivity index (χ4n) is 3.05. The van der Waals surface area contributed by atoms with Gasteiger partial charge in [0.05, 0.1) is 0 Å². The van der Waals surface area contributed by atoms with Crippen LogP contribution in [0.4, 0.5) is 0 Å². The predicted molar refractivity (Wildman–Crippen MR) is 93.9 cm³/mol. The minimum Gasteiger partial charge on any atom is -0.307 e. The highest BCUT2D eigenvalue weighted by Crippen LogP contribution is 2.28. The van der Waals surface area contributed by atoms with E-state index < -0.39 is 0 Å². The Bertz CT molecular complexity index is 458. The molecule has 1 aliphatic heterocycles. The Labute approximate surface area is 134 Å². The first-order chi connectivity index (χ1) is 9.76. The molecule has 0 aliphatic carbocycles. The van der Waals surface area contributed by atoms with Crippen molar-refractivity contribution in [2.45, 2.75) is 79.1 Å². The smallest absolute Gasteiger partial charge is 0.0304 e. The molecule has 1 saturated heterocycles. The molecule has 2 heterocycles. The molecule has 2 unspecified atom stereocenters. The lowest BCUT2D eigenvalue weighted by Gasteiger charge is -2.37. The first kappa shape index (κ1) is 17.0. The third-order valence-electron chi connectivity index (χ3n) is 4.74. The van der Waals surface area contributed by atoms with Crippen LogP contribution in [0.5, 0.6) is 0 Å². The highest BCUT2D eigenvalue weighted by Gasteiger charge is 2.25. The molecule has 0 amide bonds. The predicted octanol–water partition coefficient (Wildman–Crippen LogP) is 4.57. The lowest BCUT2D eigenvalue weighted by atomic mass is 9.92. The zero-order valence-electron chi connectivity index (χ0n) is 14.6. The van der Waals surface area contributed by atoms with E-state index in [1.54, 1.807) is 0 Å². The van der Waals surface area contributed by atoms with Crippen molar-refractivity contribution in [3.05, 3.63) is 21.4 Å². The molecule has 0 bridgehead atoms. The van der Waals surface area contributed by atoms with Crippen LogP contribution in [0.15, 0.2) is 6.07 Å². The van der Waals surface area contributed by atoms with Gasteiger partial charge in [-0.25, -0.2) is 0 Å². The van der Waals surface area contributed by atoms with Crippen molar-refractivity contribution >= 4 is 11.3 Å². The van der Waals surface area contributed by atoms with Crippen molar-refractivity contribution in [1.29, 1.82) is 0 Å². The number of nitrogens with one attached hydrogen (secondary N) is 1. The Kier molecular flexibility index (Phi) is 5.50. The third kappa shape index (κ3) is 4.80. The van der Waals surface area contributed by atoms with Crippen LogP contribution < -0.4 is 5.32 Å². The van der Waals surface area contributed by atoms with E-state index >= 15 is 0 Å². The van der Waals surface area contributed by atoms with E-state index in [1.165, 1.54) is 34.7 Å². The van der Waals surface area contributed by atoms with Gasteiger partial charge in [-0.2, -0.15) is 0 Å². The average molecular weight is 309 g/mol. The van der Waals surface area contributed by atoms with E-state index in [9.17, 15) is 0 Å². The van der Waals surface area contributed by atoms with Gasteiger partial charge in [0.15, 0.2) is 0 Å². The molecular formula is C18H32N2S. The Morgan fingerprint density at radius 2 is 2.05 bits per heavy atom. The summed E-state index contributed by atoms with van der Waals surface area (Å²) in [4.78, 5) is 5.63. The van der Waals surface area contributed by atoms with Gasteiger partial charge < -0.3 is 5.32 Å². The summed E-state index contributed by atoms with van der Waals surface area (Å²) in [5.74, 6) is 0.833. The second-order valence-corrected chi connectivity index (χ2v) is 9.07. The van der Waals surface area contributed by atoms with E-state index in [4.69, 9.17) is 0 Å². The Hall–Kier alpha value is -0.380. The molecular weight excluding hydrogens is 276 g/mol. The molecule has 1 aliphatic rings. The molecule has 2 atom stereocenters. The molecule has 2 rings (SSSR count). The molecule has 1 fully saturated rings. The van der Waals surface area contributed by atoms with Crippen LogP contribution in [-0.4, -0.2) is 23.0 Å². The molecule has 0 radical (unpaired) electrons. The lowest BCUT2D eigenvalue weighted by Crippen LogP contribution is -2.41. The van der Waals surface area contributed by atoms with Crippen molar-refractivity contribution in [2.75, 3.05) is 6.54 Å². The fourth-order valence-corrected chi connectivity index (χ4v) is 4.04. The summed E-state index contributed by atoms with van der Waals surface area (Å²) in [6.07, 6.45) is 2.74. The van der Waals surface area contributed by atoms with Crippen molar-refractivity contribution in [3.63, 3.8) is 0 Å². The van der Waals surface area contributed by atoms with Gasteiger partial charge in [-0.1, -0.05) is 6.92 Å². The summed E-state index contributed by atoms with van der Waals surface area (Å²) in [7, 11) is 0. The summed E-state index contributed by atoms with van der Waals surface area (Å²) in [5, 5.41) is 3.59. The number of rotatable bonds is 4. The van der Waals surface area contributed by atoms with Crippen LogP contribution >= 0.6 is 11.3 Å². The molecule has 1 N–H and O–H groups in total. The normalized spacial score (nSPS) is 24.5. The minimum absolute atomic E-state index is 0.189. The second-order valence-electron chi connectivity index (χ2n) is 7.73. The van der Waals surface area contributed by atoms with Crippen molar-refractivity contribution in [3.8, 4) is 0 Å². The summed E-state index contributed by atoms with van der Waals surface area (Å²) in [6.45, 7) is 17.1. The van der Waals surface area contributed by atoms with Crippen LogP contribution in [0.25, 0.3) is 0 Å². The molecule has 21 heavy (non-hydrogen) atoms. The number of hydrogen-bond acceptors (Lipinski definition) is 3. The minimum atomic E-state index is 0.189. The van der Waals surface area contributed by atoms with Gasteiger partial charge in [-0.15, -0.1) is 11.3 Å². The van der Waals surface area contributed by atoms with Gasteiger partial charge in [0, 0.05) is 34.4 Å². The van der Waals surface area contributed by atoms with Crippen LogP contribution in [0.2, 0.25) is 0 Å². The topological polar surface area (TPSA) is 15.3 Å². The lowest BCUT2D eigenvalue weighted by molar-refractivity contribution is 0.106. The first-order valence-corrected chi connectivity index (χ1v) is 9.15. The van der Waals surface area contributed by atoms with Gasteiger partial charge in [0.2, 0.25) is 0 Å². The Morgan fingerprint density at radius 1 is 1.33 bits per heavy atom. The maximum atomic E-state index is 3.59. The van der Waals surface area contributed by atoms with Crippen molar-refractivity contribution in [2.24, 2.45) is 5.92 Å². The summed E-state index contributed by atoms with van der Waals surface area (Å²) in [6, 6.07) is 3.14. The van der Waals surface area contributed by atoms with Gasteiger partial charge in [-0.05, 0) is 71.6 Å². The average Bonchev–Trinajstić information content (AvgIpc) is 2.73. The van der Waals surface area contributed by atoms with E-state index in [0.717, 1.165) is 19.0 Å². The van der Waals surface area contributed by atoms with Gasteiger partial charge in [0.1, 0.15) is 0 Å². The number of hydrogen-bond donors (Lipinski definition) is 1. The summed E-state index contributed by atoms with van der Waals surface area (Å²) >= 11 is 1.96. The molecule has 2 nitrogen and oxygen atoms in total. The highest BCUT2D eigenvalue weighted by atomic mass is 32.1. The number of likely N-dealkylation sites (tertiary alicyclic amines) is 1. The Balaban J connectivity index is 1.99. The quantitative estimate of drug-likeness (QED) is 0.877. The molecule has 0 aromatic carbocycles. The fraction of sp³-hybridized carbons (Fsp3) is 0.778.